The summed E-state index contributed by atoms with van der Waals surface area (Å²) >= 11 is 0. The van der Waals surface area contributed by atoms with Crippen LogP contribution in [0.25, 0.3) is 0 Å². The SMILES string of the molecule is CCN(CC1CC1)c1ccc(CC(C)N)c(C)c1. The Morgan fingerprint density at radius 3 is 2.61 bits per heavy atom. The molecule has 2 rings (SSSR count). The predicted octanol–water partition coefficient (Wildman–Crippen LogP) is 3.12. The molecule has 1 aromatic rings. The Balaban J connectivity index is 2.10. The lowest BCUT2D eigenvalue weighted by atomic mass is 10.0. The zero-order valence-electron chi connectivity index (χ0n) is 11.9. The molecule has 100 valence electrons. The minimum Gasteiger partial charge on any atom is -0.372 e. The van der Waals surface area contributed by atoms with E-state index in [9.17, 15) is 0 Å². The van der Waals surface area contributed by atoms with E-state index in [4.69, 9.17) is 5.73 Å². The summed E-state index contributed by atoms with van der Waals surface area (Å²) in [7, 11) is 0. The number of aryl methyl sites for hydroxylation is 1. The maximum absolute atomic E-state index is 5.88. The van der Waals surface area contributed by atoms with E-state index in [1.54, 1.807) is 0 Å². The number of anilines is 1. The first kappa shape index (κ1) is 13.4. The van der Waals surface area contributed by atoms with Crippen molar-refractivity contribution in [1.29, 1.82) is 0 Å². The van der Waals surface area contributed by atoms with Gasteiger partial charge in [0.1, 0.15) is 0 Å². The van der Waals surface area contributed by atoms with Crippen LogP contribution in [0.15, 0.2) is 18.2 Å². The molecule has 0 aromatic heterocycles. The fourth-order valence-electron chi connectivity index (χ4n) is 2.48. The van der Waals surface area contributed by atoms with Gasteiger partial charge in [-0.2, -0.15) is 0 Å². The fourth-order valence-corrected chi connectivity index (χ4v) is 2.48. The number of hydrogen-bond acceptors (Lipinski definition) is 2. The Morgan fingerprint density at radius 1 is 1.39 bits per heavy atom. The predicted molar refractivity (Wildman–Crippen MR) is 79.1 cm³/mol. The summed E-state index contributed by atoms with van der Waals surface area (Å²) in [5, 5.41) is 0. The third-order valence-corrected chi connectivity index (χ3v) is 3.79. The van der Waals surface area contributed by atoms with Gasteiger partial charge in [-0.1, -0.05) is 6.07 Å². The highest BCUT2D eigenvalue weighted by molar-refractivity contribution is 5.51. The van der Waals surface area contributed by atoms with Crippen molar-refractivity contribution in [2.45, 2.75) is 46.1 Å². The van der Waals surface area contributed by atoms with E-state index >= 15 is 0 Å². The van der Waals surface area contributed by atoms with E-state index in [-0.39, 0.29) is 6.04 Å². The van der Waals surface area contributed by atoms with Crippen LogP contribution in [0, 0.1) is 12.8 Å². The van der Waals surface area contributed by atoms with Gasteiger partial charge in [-0.05, 0) is 69.2 Å². The molecule has 1 aliphatic rings. The Bertz CT molecular complexity index is 394. The van der Waals surface area contributed by atoms with Crippen LogP contribution in [-0.2, 0) is 6.42 Å². The van der Waals surface area contributed by atoms with Crippen LogP contribution < -0.4 is 10.6 Å². The largest absolute Gasteiger partial charge is 0.372 e. The highest BCUT2D eigenvalue weighted by Gasteiger charge is 2.23. The first-order valence-corrected chi connectivity index (χ1v) is 7.20. The average molecular weight is 246 g/mol. The van der Waals surface area contributed by atoms with Gasteiger partial charge in [0, 0.05) is 24.8 Å². The summed E-state index contributed by atoms with van der Waals surface area (Å²) in [4.78, 5) is 2.50. The van der Waals surface area contributed by atoms with Gasteiger partial charge in [0.2, 0.25) is 0 Å². The molecule has 2 nitrogen and oxygen atoms in total. The van der Waals surface area contributed by atoms with Gasteiger partial charge in [0.05, 0.1) is 0 Å². The molecular formula is C16H26N2. The van der Waals surface area contributed by atoms with E-state index in [0.29, 0.717) is 0 Å². The second-order valence-corrected chi connectivity index (χ2v) is 5.77. The first-order valence-electron chi connectivity index (χ1n) is 7.20. The van der Waals surface area contributed by atoms with Gasteiger partial charge < -0.3 is 10.6 Å². The zero-order valence-corrected chi connectivity index (χ0v) is 11.9. The first-order chi connectivity index (χ1) is 8.60. The number of nitrogens with two attached hydrogens (primary N) is 1. The average Bonchev–Trinajstić information content (AvgIpc) is 3.12. The van der Waals surface area contributed by atoms with Crippen molar-refractivity contribution in [3.05, 3.63) is 29.3 Å². The molecule has 0 heterocycles. The smallest absolute Gasteiger partial charge is 0.0369 e. The monoisotopic (exact) mass is 246 g/mol. The van der Waals surface area contributed by atoms with Crippen molar-refractivity contribution in [3.63, 3.8) is 0 Å². The maximum Gasteiger partial charge on any atom is 0.0369 e. The van der Waals surface area contributed by atoms with Gasteiger partial charge in [0.15, 0.2) is 0 Å². The van der Waals surface area contributed by atoms with Crippen molar-refractivity contribution in [1.82, 2.24) is 0 Å². The molecule has 1 fully saturated rings. The number of hydrogen-bond donors (Lipinski definition) is 1. The minimum absolute atomic E-state index is 0.239. The summed E-state index contributed by atoms with van der Waals surface area (Å²) in [5.41, 5.74) is 10.0. The molecule has 1 saturated carbocycles. The molecule has 1 unspecified atom stereocenters. The van der Waals surface area contributed by atoms with E-state index in [0.717, 1.165) is 18.9 Å². The summed E-state index contributed by atoms with van der Waals surface area (Å²) in [6, 6.07) is 7.08. The van der Waals surface area contributed by atoms with Gasteiger partial charge in [-0.15, -0.1) is 0 Å². The Morgan fingerprint density at radius 2 is 2.11 bits per heavy atom. The third-order valence-electron chi connectivity index (χ3n) is 3.79. The van der Waals surface area contributed by atoms with E-state index in [2.05, 4.69) is 43.9 Å². The summed E-state index contributed by atoms with van der Waals surface area (Å²) in [6.45, 7) is 8.84. The summed E-state index contributed by atoms with van der Waals surface area (Å²) in [6.07, 6.45) is 3.80. The van der Waals surface area contributed by atoms with Gasteiger partial charge in [-0.3, -0.25) is 0 Å². The molecule has 2 N–H and O–H groups in total. The third kappa shape index (κ3) is 3.49. The topological polar surface area (TPSA) is 29.3 Å². The molecule has 0 amide bonds. The van der Waals surface area contributed by atoms with Crippen molar-refractivity contribution in [2.75, 3.05) is 18.0 Å². The number of benzene rings is 1. The molecule has 18 heavy (non-hydrogen) atoms. The Labute approximate surface area is 111 Å². The lowest BCUT2D eigenvalue weighted by molar-refractivity contribution is 0.730. The van der Waals surface area contributed by atoms with Gasteiger partial charge in [0.25, 0.3) is 0 Å². The van der Waals surface area contributed by atoms with Crippen molar-refractivity contribution in [2.24, 2.45) is 11.7 Å². The second kappa shape index (κ2) is 5.75. The van der Waals surface area contributed by atoms with Crippen molar-refractivity contribution >= 4 is 5.69 Å². The zero-order chi connectivity index (χ0) is 13.1. The maximum atomic E-state index is 5.88. The molecule has 0 bridgehead atoms. The molecular weight excluding hydrogens is 220 g/mol. The number of rotatable bonds is 6. The molecule has 1 aromatic carbocycles. The van der Waals surface area contributed by atoms with Crippen LogP contribution in [0.5, 0.6) is 0 Å². The van der Waals surface area contributed by atoms with E-state index in [1.165, 1.54) is 36.2 Å². The van der Waals surface area contributed by atoms with Crippen molar-refractivity contribution < 1.29 is 0 Å². The molecule has 1 aliphatic carbocycles. The standard InChI is InChI=1S/C16H26N2/c1-4-18(11-14-5-6-14)16-8-7-15(10-13(3)17)12(2)9-16/h7-9,13-14H,4-6,10-11,17H2,1-3H3. The fraction of sp³-hybridized carbons (Fsp3) is 0.625. The lowest BCUT2D eigenvalue weighted by Crippen LogP contribution is -2.25. The minimum atomic E-state index is 0.239. The quantitative estimate of drug-likeness (QED) is 0.835. The van der Waals surface area contributed by atoms with Crippen LogP contribution in [0.1, 0.15) is 37.8 Å². The second-order valence-electron chi connectivity index (χ2n) is 5.77. The molecule has 2 heteroatoms. The van der Waals surface area contributed by atoms with Crippen LogP contribution in [0.3, 0.4) is 0 Å². The summed E-state index contributed by atoms with van der Waals surface area (Å²) in [5.74, 6) is 0.939. The molecule has 0 saturated heterocycles. The Hall–Kier alpha value is -1.02. The van der Waals surface area contributed by atoms with Crippen LogP contribution >= 0.6 is 0 Å². The number of nitrogens with zero attached hydrogens (tertiary/aromatic N) is 1. The van der Waals surface area contributed by atoms with Crippen LogP contribution in [-0.4, -0.2) is 19.1 Å². The Kier molecular flexibility index (Phi) is 4.28. The van der Waals surface area contributed by atoms with E-state index < -0.39 is 0 Å². The molecule has 0 spiro atoms. The lowest BCUT2D eigenvalue weighted by Gasteiger charge is -2.24. The van der Waals surface area contributed by atoms with Crippen molar-refractivity contribution in [3.8, 4) is 0 Å². The van der Waals surface area contributed by atoms with Gasteiger partial charge >= 0.3 is 0 Å². The molecule has 1 atom stereocenters. The normalized spacial score (nSPS) is 16.7. The molecule has 0 aliphatic heterocycles. The highest BCUT2D eigenvalue weighted by atomic mass is 15.1. The highest BCUT2D eigenvalue weighted by Crippen LogP contribution is 2.31. The summed E-state index contributed by atoms with van der Waals surface area (Å²) < 4.78 is 0. The van der Waals surface area contributed by atoms with Crippen LogP contribution in [0.2, 0.25) is 0 Å². The van der Waals surface area contributed by atoms with E-state index in [1.807, 2.05) is 0 Å². The van der Waals surface area contributed by atoms with Crippen LogP contribution in [0.4, 0.5) is 5.69 Å². The molecule has 0 radical (unpaired) electrons. The van der Waals surface area contributed by atoms with Gasteiger partial charge in [-0.25, -0.2) is 0 Å².